The van der Waals surface area contributed by atoms with Gasteiger partial charge in [0.05, 0.1) is 6.42 Å². The van der Waals surface area contributed by atoms with Gasteiger partial charge in [-0.2, -0.15) is 4.80 Å². The van der Waals surface area contributed by atoms with Gasteiger partial charge >= 0.3 is 5.97 Å². The third-order valence-electron chi connectivity index (χ3n) is 4.55. The van der Waals surface area contributed by atoms with E-state index in [1.54, 1.807) is 29.2 Å². The Morgan fingerprint density at radius 2 is 2.08 bits per heavy atom. The molecule has 2 heterocycles. The van der Waals surface area contributed by atoms with Crippen LogP contribution in [0.25, 0.3) is 11.4 Å². The zero-order valence-corrected chi connectivity index (χ0v) is 15.1. The number of carbonyl (C=O) groups excluding carboxylic acids is 1. The van der Waals surface area contributed by atoms with Crippen LogP contribution in [0.5, 0.6) is 0 Å². The van der Waals surface area contributed by atoms with Crippen LogP contribution in [0.1, 0.15) is 38.6 Å². The van der Waals surface area contributed by atoms with E-state index in [0.29, 0.717) is 30.2 Å². The Morgan fingerprint density at radius 3 is 2.73 bits per heavy atom. The number of carboxylic acid groups (broad SMARTS) is 1. The molecule has 1 aromatic heterocycles. The SMILES string of the molecule is CCC(C(=O)N1CCCC1CC(=O)O)n1nnc(-c2ccc(Cl)cc2)n1. The summed E-state index contributed by atoms with van der Waals surface area (Å²) in [4.78, 5) is 26.9. The first-order chi connectivity index (χ1) is 12.5. The van der Waals surface area contributed by atoms with Gasteiger partial charge in [0.1, 0.15) is 0 Å². The molecule has 1 aliphatic rings. The summed E-state index contributed by atoms with van der Waals surface area (Å²) in [6.07, 6.45) is 1.96. The van der Waals surface area contributed by atoms with Crippen LogP contribution in [0.3, 0.4) is 0 Å². The van der Waals surface area contributed by atoms with Crippen LogP contribution in [-0.2, 0) is 9.59 Å². The Hall–Kier alpha value is -2.48. The number of benzene rings is 1. The third kappa shape index (κ3) is 3.85. The highest BCUT2D eigenvalue weighted by molar-refractivity contribution is 6.30. The average Bonchev–Trinajstić information content (AvgIpc) is 3.25. The van der Waals surface area contributed by atoms with Crippen LogP contribution in [0.2, 0.25) is 5.02 Å². The zero-order chi connectivity index (χ0) is 18.7. The summed E-state index contributed by atoms with van der Waals surface area (Å²) in [7, 11) is 0. The van der Waals surface area contributed by atoms with Crippen LogP contribution in [0.4, 0.5) is 0 Å². The van der Waals surface area contributed by atoms with Crippen molar-refractivity contribution in [2.45, 2.75) is 44.7 Å². The lowest BCUT2D eigenvalue weighted by Crippen LogP contribution is -2.41. The lowest BCUT2D eigenvalue weighted by molar-refractivity contribution is -0.141. The van der Waals surface area contributed by atoms with Crippen molar-refractivity contribution < 1.29 is 14.7 Å². The maximum Gasteiger partial charge on any atom is 0.305 e. The molecule has 0 spiro atoms. The molecule has 0 bridgehead atoms. The summed E-state index contributed by atoms with van der Waals surface area (Å²) in [5.41, 5.74) is 0.757. The van der Waals surface area contributed by atoms with Crippen molar-refractivity contribution in [2.24, 2.45) is 0 Å². The zero-order valence-electron chi connectivity index (χ0n) is 14.4. The van der Waals surface area contributed by atoms with Gasteiger partial charge in [-0.05, 0) is 48.7 Å². The highest BCUT2D eigenvalue weighted by Crippen LogP contribution is 2.25. The Kier molecular flexibility index (Phi) is 5.51. The number of rotatable bonds is 6. The lowest BCUT2D eigenvalue weighted by Gasteiger charge is -2.27. The number of hydrogen-bond donors (Lipinski definition) is 1. The van der Waals surface area contributed by atoms with Gasteiger partial charge in [-0.25, -0.2) is 0 Å². The molecule has 0 radical (unpaired) electrons. The monoisotopic (exact) mass is 377 g/mol. The van der Waals surface area contributed by atoms with E-state index < -0.39 is 12.0 Å². The summed E-state index contributed by atoms with van der Waals surface area (Å²) in [6.45, 7) is 2.43. The minimum absolute atomic E-state index is 0.0387. The predicted octanol–water partition coefficient (Wildman–Crippen LogP) is 2.41. The lowest BCUT2D eigenvalue weighted by atomic mass is 10.1. The molecular formula is C17H20ClN5O3. The molecule has 1 aromatic carbocycles. The predicted molar refractivity (Wildman–Crippen MR) is 94.6 cm³/mol. The molecule has 2 unspecified atom stereocenters. The summed E-state index contributed by atoms with van der Waals surface area (Å²) in [5, 5.41) is 22.1. The topological polar surface area (TPSA) is 101 Å². The van der Waals surface area contributed by atoms with Crippen molar-refractivity contribution in [1.82, 2.24) is 25.1 Å². The number of carbonyl (C=O) groups is 2. The standard InChI is InChI=1S/C17H20ClN5O3/c1-2-14(17(26)22-9-3-4-13(22)10-15(24)25)23-20-16(19-21-23)11-5-7-12(18)8-6-11/h5-8,13-14H,2-4,9-10H2,1H3,(H,24,25). The molecule has 0 saturated carbocycles. The fraction of sp³-hybridized carbons (Fsp3) is 0.471. The summed E-state index contributed by atoms with van der Waals surface area (Å²) >= 11 is 5.89. The number of halogens is 1. The highest BCUT2D eigenvalue weighted by Gasteiger charge is 2.35. The largest absolute Gasteiger partial charge is 0.481 e. The van der Waals surface area contributed by atoms with Crippen molar-refractivity contribution in [1.29, 1.82) is 0 Å². The van der Waals surface area contributed by atoms with E-state index in [0.717, 1.165) is 12.0 Å². The maximum absolute atomic E-state index is 12.9. The Bertz CT molecular complexity index is 792. The third-order valence-corrected chi connectivity index (χ3v) is 4.80. The van der Waals surface area contributed by atoms with Crippen LogP contribution in [-0.4, -0.2) is 54.7 Å². The molecule has 2 atom stereocenters. The van der Waals surface area contributed by atoms with Gasteiger partial charge in [0.15, 0.2) is 6.04 Å². The Morgan fingerprint density at radius 1 is 1.35 bits per heavy atom. The number of amides is 1. The van der Waals surface area contributed by atoms with Crippen molar-refractivity contribution in [2.75, 3.05) is 6.54 Å². The molecule has 26 heavy (non-hydrogen) atoms. The minimum Gasteiger partial charge on any atom is -0.481 e. The van der Waals surface area contributed by atoms with Crippen LogP contribution < -0.4 is 0 Å². The second-order valence-electron chi connectivity index (χ2n) is 6.29. The molecule has 1 fully saturated rings. The number of tetrazole rings is 1. The first kappa shape index (κ1) is 18.3. The molecule has 1 N–H and O–H groups in total. The number of carboxylic acids is 1. The Balaban J connectivity index is 1.79. The molecule has 2 aromatic rings. The van der Waals surface area contributed by atoms with Gasteiger partial charge in [0.25, 0.3) is 0 Å². The average molecular weight is 378 g/mol. The van der Waals surface area contributed by atoms with E-state index in [4.69, 9.17) is 16.7 Å². The van der Waals surface area contributed by atoms with Gasteiger partial charge in [-0.15, -0.1) is 10.2 Å². The van der Waals surface area contributed by atoms with Crippen LogP contribution in [0, 0.1) is 0 Å². The van der Waals surface area contributed by atoms with Crippen LogP contribution >= 0.6 is 11.6 Å². The molecule has 138 valence electrons. The van der Waals surface area contributed by atoms with E-state index >= 15 is 0 Å². The summed E-state index contributed by atoms with van der Waals surface area (Å²) in [5.74, 6) is -0.639. The second-order valence-corrected chi connectivity index (χ2v) is 6.73. The number of hydrogen-bond acceptors (Lipinski definition) is 5. The highest BCUT2D eigenvalue weighted by atomic mass is 35.5. The van der Waals surface area contributed by atoms with E-state index in [9.17, 15) is 9.59 Å². The van der Waals surface area contributed by atoms with Gasteiger partial charge < -0.3 is 10.0 Å². The molecule has 8 nitrogen and oxygen atoms in total. The summed E-state index contributed by atoms with van der Waals surface area (Å²) < 4.78 is 0. The van der Waals surface area contributed by atoms with E-state index in [1.807, 2.05) is 6.92 Å². The maximum atomic E-state index is 12.9. The summed E-state index contributed by atoms with van der Waals surface area (Å²) in [6, 6.07) is 6.18. The number of aliphatic carboxylic acids is 1. The molecule has 9 heteroatoms. The van der Waals surface area contributed by atoms with Gasteiger partial charge in [-0.3, -0.25) is 9.59 Å². The van der Waals surface area contributed by atoms with Crippen molar-refractivity contribution in [3.8, 4) is 11.4 Å². The fourth-order valence-corrected chi connectivity index (χ4v) is 3.37. The van der Waals surface area contributed by atoms with Crippen molar-refractivity contribution >= 4 is 23.5 Å². The number of aromatic nitrogens is 4. The van der Waals surface area contributed by atoms with Gasteiger partial charge in [0, 0.05) is 23.2 Å². The quantitative estimate of drug-likeness (QED) is 0.829. The molecule has 0 aliphatic carbocycles. The molecular weight excluding hydrogens is 358 g/mol. The smallest absolute Gasteiger partial charge is 0.305 e. The fourth-order valence-electron chi connectivity index (χ4n) is 3.24. The minimum atomic E-state index is -0.897. The van der Waals surface area contributed by atoms with E-state index in [1.165, 1.54) is 4.80 Å². The first-order valence-electron chi connectivity index (χ1n) is 8.57. The van der Waals surface area contributed by atoms with Crippen molar-refractivity contribution in [3.63, 3.8) is 0 Å². The molecule has 1 saturated heterocycles. The van der Waals surface area contributed by atoms with E-state index in [-0.39, 0.29) is 18.4 Å². The second kappa shape index (κ2) is 7.82. The molecule has 1 aliphatic heterocycles. The normalized spacial score (nSPS) is 18.1. The first-order valence-corrected chi connectivity index (χ1v) is 8.95. The number of likely N-dealkylation sites (tertiary alicyclic amines) is 1. The van der Waals surface area contributed by atoms with Crippen LogP contribution in [0.15, 0.2) is 24.3 Å². The van der Waals surface area contributed by atoms with Gasteiger partial charge in [-0.1, -0.05) is 18.5 Å². The molecule has 3 rings (SSSR count). The van der Waals surface area contributed by atoms with Crippen molar-refractivity contribution in [3.05, 3.63) is 29.3 Å². The van der Waals surface area contributed by atoms with E-state index in [2.05, 4.69) is 15.4 Å². The Labute approximate surface area is 155 Å². The molecule has 1 amide bonds. The number of nitrogens with zero attached hydrogens (tertiary/aromatic N) is 5. The van der Waals surface area contributed by atoms with Gasteiger partial charge in [0.2, 0.25) is 11.7 Å².